The zero-order valence-electron chi connectivity index (χ0n) is 14.4. The minimum absolute atomic E-state index is 0.203. The first-order valence-electron chi connectivity index (χ1n) is 8.19. The van der Waals surface area contributed by atoms with Crippen molar-refractivity contribution in [2.75, 3.05) is 17.3 Å². The summed E-state index contributed by atoms with van der Waals surface area (Å²) in [6.45, 7) is 0.458. The number of amides is 2. The largest absolute Gasteiger partial charge is 0.489 e. The van der Waals surface area contributed by atoms with Crippen LogP contribution in [0.25, 0.3) is 0 Å². The molecule has 0 unspecified atom stereocenters. The van der Waals surface area contributed by atoms with Gasteiger partial charge >= 0.3 is 6.03 Å². The van der Waals surface area contributed by atoms with E-state index in [1.54, 1.807) is 11.9 Å². The summed E-state index contributed by atoms with van der Waals surface area (Å²) in [7, 11) is 1.73. The van der Waals surface area contributed by atoms with Gasteiger partial charge in [0.05, 0.1) is 0 Å². The molecule has 0 radical (unpaired) electrons. The molecule has 0 aliphatic carbocycles. The molecule has 0 saturated heterocycles. The number of hydrogen-bond acceptors (Lipinski definition) is 2. The molecule has 0 bridgehead atoms. The van der Waals surface area contributed by atoms with Crippen molar-refractivity contribution in [3.05, 3.63) is 89.4 Å². The highest BCUT2D eigenvalue weighted by Gasteiger charge is 2.10. The van der Waals surface area contributed by atoms with E-state index < -0.39 is 0 Å². The number of para-hydroxylation sites is 1. The van der Waals surface area contributed by atoms with Gasteiger partial charge in [0.2, 0.25) is 0 Å². The van der Waals surface area contributed by atoms with Crippen LogP contribution < -0.4 is 15.0 Å². The smallest absolute Gasteiger partial charge is 0.326 e. The van der Waals surface area contributed by atoms with E-state index in [2.05, 4.69) is 5.32 Å². The molecule has 5 heteroatoms. The van der Waals surface area contributed by atoms with Crippen LogP contribution in [0, 0.1) is 0 Å². The Labute approximate surface area is 158 Å². The fraction of sp³-hybridized carbons (Fsp3) is 0.0952. The minimum Gasteiger partial charge on any atom is -0.489 e. The van der Waals surface area contributed by atoms with Gasteiger partial charge in [-0.1, -0.05) is 41.9 Å². The molecule has 26 heavy (non-hydrogen) atoms. The lowest BCUT2D eigenvalue weighted by molar-refractivity contribution is 0.258. The van der Waals surface area contributed by atoms with E-state index in [1.165, 1.54) is 0 Å². The van der Waals surface area contributed by atoms with Gasteiger partial charge in [-0.25, -0.2) is 4.79 Å². The molecule has 0 aliphatic rings. The van der Waals surface area contributed by atoms with Gasteiger partial charge in [0, 0.05) is 23.4 Å². The number of carbonyl (C=O) groups is 1. The van der Waals surface area contributed by atoms with E-state index in [9.17, 15) is 4.79 Å². The Morgan fingerprint density at radius 2 is 1.62 bits per heavy atom. The van der Waals surface area contributed by atoms with Crippen molar-refractivity contribution in [1.82, 2.24) is 0 Å². The number of nitrogens with one attached hydrogen (secondary N) is 1. The van der Waals surface area contributed by atoms with E-state index in [4.69, 9.17) is 16.3 Å². The Hall–Kier alpha value is -2.98. The van der Waals surface area contributed by atoms with Crippen molar-refractivity contribution in [3.8, 4) is 5.75 Å². The number of nitrogens with zero attached hydrogens (tertiary/aromatic N) is 1. The van der Waals surface area contributed by atoms with E-state index in [0.717, 1.165) is 17.0 Å². The van der Waals surface area contributed by atoms with Crippen molar-refractivity contribution in [3.63, 3.8) is 0 Å². The molecular formula is C21H19ClN2O2. The van der Waals surface area contributed by atoms with Gasteiger partial charge in [-0.2, -0.15) is 0 Å². The number of rotatable bonds is 5. The molecule has 0 aliphatic heterocycles. The second-order valence-electron chi connectivity index (χ2n) is 5.76. The van der Waals surface area contributed by atoms with E-state index in [-0.39, 0.29) is 6.03 Å². The molecule has 0 atom stereocenters. The van der Waals surface area contributed by atoms with Gasteiger partial charge in [0.25, 0.3) is 0 Å². The lowest BCUT2D eigenvalue weighted by Gasteiger charge is -2.18. The Balaban J connectivity index is 1.55. The fourth-order valence-electron chi connectivity index (χ4n) is 2.36. The van der Waals surface area contributed by atoms with Gasteiger partial charge in [-0.3, -0.25) is 4.90 Å². The number of ether oxygens (including phenoxy) is 1. The highest BCUT2D eigenvalue weighted by Crippen LogP contribution is 2.19. The molecule has 2 amide bonds. The van der Waals surface area contributed by atoms with E-state index in [0.29, 0.717) is 17.3 Å². The van der Waals surface area contributed by atoms with Gasteiger partial charge in [-0.05, 0) is 54.1 Å². The van der Waals surface area contributed by atoms with Crippen molar-refractivity contribution in [2.45, 2.75) is 6.61 Å². The Morgan fingerprint density at radius 3 is 2.27 bits per heavy atom. The first-order valence-corrected chi connectivity index (χ1v) is 8.57. The lowest BCUT2D eigenvalue weighted by atomic mass is 10.2. The summed E-state index contributed by atoms with van der Waals surface area (Å²) in [5.41, 5.74) is 2.57. The molecule has 132 valence electrons. The van der Waals surface area contributed by atoms with Gasteiger partial charge in [0.15, 0.2) is 0 Å². The number of hydrogen-bond donors (Lipinski definition) is 1. The lowest BCUT2D eigenvalue weighted by Crippen LogP contribution is -2.31. The highest BCUT2D eigenvalue weighted by atomic mass is 35.5. The van der Waals surface area contributed by atoms with E-state index in [1.807, 2.05) is 78.9 Å². The maximum absolute atomic E-state index is 12.3. The molecule has 3 rings (SSSR count). The molecule has 0 spiro atoms. The first-order chi connectivity index (χ1) is 12.6. The molecule has 3 aromatic rings. The number of halogens is 1. The summed E-state index contributed by atoms with van der Waals surface area (Å²) in [5, 5.41) is 3.57. The minimum atomic E-state index is -0.203. The van der Waals surface area contributed by atoms with Crippen LogP contribution in [0.15, 0.2) is 78.9 Å². The number of benzene rings is 3. The normalized spacial score (nSPS) is 10.2. The summed E-state index contributed by atoms with van der Waals surface area (Å²) in [6, 6.07) is 24.1. The van der Waals surface area contributed by atoms with Crippen LogP contribution in [0.2, 0.25) is 5.02 Å². The standard InChI is InChI=1S/C21H19ClN2O2/c1-24(19-5-3-2-4-6-19)21(25)23-18-11-13-20(14-12-18)26-15-16-7-9-17(22)10-8-16/h2-14H,15H2,1H3,(H,23,25). The molecule has 0 aromatic heterocycles. The Morgan fingerprint density at radius 1 is 0.962 bits per heavy atom. The SMILES string of the molecule is CN(C(=O)Nc1ccc(OCc2ccc(Cl)cc2)cc1)c1ccccc1. The third kappa shape index (κ3) is 4.77. The quantitative estimate of drug-likeness (QED) is 0.639. The number of urea groups is 1. The molecule has 0 fully saturated rings. The third-order valence-corrected chi connectivity index (χ3v) is 4.12. The second-order valence-corrected chi connectivity index (χ2v) is 6.20. The molecule has 0 saturated carbocycles. The monoisotopic (exact) mass is 366 g/mol. The van der Waals surface area contributed by atoms with E-state index >= 15 is 0 Å². The topological polar surface area (TPSA) is 41.6 Å². The molecule has 3 aromatic carbocycles. The zero-order chi connectivity index (χ0) is 18.4. The van der Waals surface area contributed by atoms with Gasteiger partial charge in [-0.15, -0.1) is 0 Å². The summed E-state index contributed by atoms with van der Waals surface area (Å²) in [4.78, 5) is 13.9. The van der Waals surface area contributed by atoms with Crippen molar-refractivity contribution in [1.29, 1.82) is 0 Å². The molecular weight excluding hydrogens is 348 g/mol. The summed E-state index contributed by atoms with van der Waals surface area (Å²) >= 11 is 5.87. The van der Waals surface area contributed by atoms with Crippen LogP contribution in [-0.4, -0.2) is 13.1 Å². The van der Waals surface area contributed by atoms with Crippen LogP contribution in [0.1, 0.15) is 5.56 Å². The molecule has 4 nitrogen and oxygen atoms in total. The zero-order valence-corrected chi connectivity index (χ0v) is 15.1. The number of anilines is 2. The van der Waals surface area contributed by atoms with Crippen LogP contribution in [0.3, 0.4) is 0 Å². The van der Waals surface area contributed by atoms with Crippen molar-refractivity contribution >= 4 is 29.0 Å². The summed E-state index contributed by atoms with van der Waals surface area (Å²) in [5.74, 6) is 0.731. The van der Waals surface area contributed by atoms with Gasteiger partial charge < -0.3 is 10.1 Å². The Kier molecular flexibility index (Phi) is 5.77. The van der Waals surface area contributed by atoms with Crippen molar-refractivity contribution in [2.24, 2.45) is 0 Å². The van der Waals surface area contributed by atoms with Crippen molar-refractivity contribution < 1.29 is 9.53 Å². The van der Waals surface area contributed by atoms with Gasteiger partial charge in [0.1, 0.15) is 12.4 Å². The van der Waals surface area contributed by atoms with Crippen LogP contribution in [0.4, 0.5) is 16.2 Å². The number of carbonyl (C=O) groups excluding carboxylic acids is 1. The third-order valence-electron chi connectivity index (χ3n) is 3.87. The fourth-order valence-corrected chi connectivity index (χ4v) is 2.48. The highest BCUT2D eigenvalue weighted by molar-refractivity contribution is 6.30. The maximum atomic E-state index is 12.3. The average Bonchev–Trinajstić information content (AvgIpc) is 2.68. The van der Waals surface area contributed by atoms with Crippen LogP contribution in [0.5, 0.6) is 5.75 Å². The molecule has 1 N–H and O–H groups in total. The van der Waals surface area contributed by atoms with Crippen LogP contribution >= 0.6 is 11.6 Å². The first kappa shape index (κ1) is 17.8. The summed E-state index contributed by atoms with van der Waals surface area (Å²) in [6.07, 6.45) is 0. The maximum Gasteiger partial charge on any atom is 0.326 e. The predicted molar refractivity (Wildman–Crippen MR) is 106 cm³/mol. The molecule has 0 heterocycles. The predicted octanol–water partition coefficient (Wildman–Crippen LogP) is 5.59. The average molecular weight is 367 g/mol. The second kappa shape index (κ2) is 8.41. The van der Waals surface area contributed by atoms with Crippen LogP contribution in [-0.2, 0) is 6.61 Å². The summed E-state index contributed by atoms with van der Waals surface area (Å²) < 4.78 is 5.74. The Bertz CT molecular complexity index is 849.